The fourth-order valence-electron chi connectivity index (χ4n) is 3.54. The minimum atomic E-state index is 0.762. The van der Waals surface area contributed by atoms with Crippen molar-refractivity contribution in [3.8, 4) is 5.69 Å². The molecule has 4 heteroatoms. The van der Waals surface area contributed by atoms with Gasteiger partial charge in [0.05, 0.1) is 11.4 Å². The molecule has 0 unspecified atom stereocenters. The van der Waals surface area contributed by atoms with Gasteiger partial charge in [-0.1, -0.05) is 26.0 Å². The topological polar surface area (TPSA) is 24.3 Å². The van der Waals surface area contributed by atoms with Crippen molar-refractivity contribution in [2.45, 2.75) is 34.2 Å². The highest BCUT2D eigenvalue weighted by molar-refractivity contribution is 5.36. The minimum absolute atomic E-state index is 0.762. The number of nitrogens with zero attached hydrogens (tertiary/aromatic N) is 4. The molecule has 0 radical (unpaired) electrons. The zero-order valence-corrected chi connectivity index (χ0v) is 15.5. The zero-order chi connectivity index (χ0) is 17.1. The van der Waals surface area contributed by atoms with Crippen molar-refractivity contribution >= 4 is 0 Å². The van der Waals surface area contributed by atoms with Gasteiger partial charge in [-0.2, -0.15) is 5.10 Å². The molecule has 0 aliphatic carbocycles. The summed E-state index contributed by atoms with van der Waals surface area (Å²) in [5.74, 6) is 0.762. The van der Waals surface area contributed by atoms with E-state index in [4.69, 9.17) is 0 Å². The van der Waals surface area contributed by atoms with E-state index in [9.17, 15) is 0 Å². The number of benzene rings is 1. The Hall–Kier alpha value is -1.65. The molecular weight excluding hydrogens is 296 g/mol. The number of piperazine rings is 1. The van der Waals surface area contributed by atoms with E-state index >= 15 is 0 Å². The molecule has 1 aromatic carbocycles. The van der Waals surface area contributed by atoms with E-state index in [2.05, 4.69) is 66.0 Å². The van der Waals surface area contributed by atoms with Crippen LogP contribution in [0.3, 0.4) is 0 Å². The van der Waals surface area contributed by atoms with E-state index in [0.29, 0.717) is 0 Å². The Morgan fingerprint density at radius 3 is 2.12 bits per heavy atom. The molecule has 0 N–H and O–H groups in total. The van der Waals surface area contributed by atoms with Gasteiger partial charge in [-0.3, -0.25) is 4.90 Å². The summed E-state index contributed by atoms with van der Waals surface area (Å²) >= 11 is 0. The van der Waals surface area contributed by atoms with Gasteiger partial charge in [0.25, 0.3) is 0 Å². The second kappa shape index (κ2) is 7.49. The number of hydrogen-bond donors (Lipinski definition) is 0. The second-order valence-electron chi connectivity index (χ2n) is 7.48. The first-order chi connectivity index (χ1) is 11.5. The molecule has 1 aromatic heterocycles. The Morgan fingerprint density at radius 2 is 1.58 bits per heavy atom. The average molecular weight is 326 g/mol. The number of aromatic nitrogens is 2. The molecule has 1 aliphatic heterocycles. The molecular formula is C20H30N4. The van der Waals surface area contributed by atoms with Crippen LogP contribution in [-0.4, -0.2) is 52.3 Å². The number of rotatable bonds is 5. The monoisotopic (exact) mass is 326 g/mol. The maximum absolute atomic E-state index is 4.56. The molecule has 3 rings (SSSR count). The van der Waals surface area contributed by atoms with Crippen LogP contribution in [0.1, 0.15) is 30.8 Å². The third kappa shape index (κ3) is 4.25. The van der Waals surface area contributed by atoms with E-state index in [1.54, 1.807) is 0 Å². The van der Waals surface area contributed by atoms with Crippen LogP contribution in [0.5, 0.6) is 0 Å². The van der Waals surface area contributed by atoms with Crippen LogP contribution in [0.25, 0.3) is 5.69 Å². The first-order valence-corrected chi connectivity index (χ1v) is 9.08. The van der Waals surface area contributed by atoms with E-state index < -0.39 is 0 Å². The lowest BCUT2D eigenvalue weighted by atomic mass is 10.1. The molecule has 24 heavy (non-hydrogen) atoms. The van der Waals surface area contributed by atoms with Crippen LogP contribution in [0.4, 0.5) is 0 Å². The Bertz CT molecular complexity index is 649. The van der Waals surface area contributed by atoms with Crippen molar-refractivity contribution in [1.29, 1.82) is 0 Å². The Kier molecular flexibility index (Phi) is 5.36. The van der Waals surface area contributed by atoms with Crippen molar-refractivity contribution in [1.82, 2.24) is 19.6 Å². The summed E-state index contributed by atoms with van der Waals surface area (Å²) < 4.78 is 2.02. The maximum Gasteiger partial charge on any atom is 0.0648 e. The molecule has 0 saturated carbocycles. The standard InChI is InChI=1S/C20H30N4/c1-16(2)14-22-9-11-23(12-10-22)15-19-5-7-20(8-6-19)24-18(4)13-17(3)21-24/h5-8,13,16H,9-12,14-15H2,1-4H3. The molecule has 0 bridgehead atoms. The van der Waals surface area contributed by atoms with E-state index in [0.717, 1.165) is 23.8 Å². The highest BCUT2D eigenvalue weighted by Crippen LogP contribution is 2.15. The number of hydrogen-bond acceptors (Lipinski definition) is 3. The molecule has 2 aromatic rings. The third-order valence-corrected chi connectivity index (χ3v) is 4.68. The Labute approximate surface area is 146 Å². The van der Waals surface area contributed by atoms with Crippen molar-refractivity contribution in [3.63, 3.8) is 0 Å². The van der Waals surface area contributed by atoms with Crippen LogP contribution in [-0.2, 0) is 6.54 Å². The lowest BCUT2D eigenvalue weighted by Crippen LogP contribution is -2.46. The molecule has 0 amide bonds. The Balaban J connectivity index is 1.56. The van der Waals surface area contributed by atoms with Crippen LogP contribution in [0.2, 0.25) is 0 Å². The molecule has 0 atom stereocenters. The van der Waals surface area contributed by atoms with Crippen molar-refractivity contribution in [3.05, 3.63) is 47.3 Å². The van der Waals surface area contributed by atoms with Crippen LogP contribution < -0.4 is 0 Å². The van der Waals surface area contributed by atoms with Crippen LogP contribution in [0.15, 0.2) is 30.3 Å². The molecule has 130 valence electrons. The van der Waals surface area contributed by atoms with Crippen molar-refractivity contribution < 1.29 is 0 Å². The molecule has 0 spiro atoms. The van der Waals surface area contributed by atoms with Crippen LogP contribution in [0, 0.1) is 19.8 Å². The van der Waals surface area contributed by atoms with Gasteiger partial charge in [-0.05, 0) is 43.5 Å². The predicted molar refractivity (Wildman–Crippen MR) is 99.6 cm³/mol. The number of aryl methyl sites for hydroxylation is 2. The first kappa shape index (κ1) is 17.2. The lowest BCUT2D eigenvalue weighted by molar-refractivity contribution is 0.117. The second-order valence-corrected chi connectivity index (χ2v) is 7.48. The van der Waals surface area contributed by atoms with Gasteiger partial charge in [0.15, 0.2) is 0 Å². The molecule has 1 fully saturated rings. The van der Waals surface area contributed by atoms with Gasteiger partial charge in [0.2, 0.25) is 0 Å². The molecule has 2 heterocycles. The van der Waals surface area contributed by atoms with E-state index in [-0.39, 0.29) is 0 Å². The third-order valence-electron chi connectivity index (χ3n) is 4.68. The van der Waals surface area contributed by atoms with Gasteiger partial charge >= 0.3 is 0 Å². The highest BCUT2D eigenvalue weighted by Gasteiger charge is 2.17. The SMILES string of the molecule is Cc1cc(C)n(-c2ccc(CN3CCN(CC(C)C)CC3)cc2)n1. The van der Waals surface area contributed by atoms with Gasteiger partial charge in [-0.15, -0.1) is 0 Å². The zero-order valence-electron chi connectivity index (χ0n) is 15.5. The summed E-state index contributed by atoms with van der Waals surface area (Å²) in [5.41, 5.74) is 4.78. The summed E-state index contributed by atoms with van der Waals surface area (Å²) in [7, 11) is 0. The average Bonchev–Trinajstić information content (AvgIpc) is 2.88. The molecule has 4 nitrogen and oxygen atoms in total. The van der Waals surface area contributed by atoms with Gasteiger partial charge < -0.3 is 4.90 Å². The van der Waals surface area contributed by atoms with Gasteiger partial charge in [0, 0.05) is 45.0 Å². The maximum atomic E-state index is 4.56. The highest BCUT2D eigenvalue weighted by atomic mass is 15.3. The predicted octanol–water partition coefficient (Wildman–Crippen LogP) is 3.26. The van der Waals surface area contributed by atoms with Crippen molar-refractivity contribution in [2.24, 2.45) is 5.92 Å². The minimum Gasteiger partial charge on any atom is -0.301 e. The first-order valence-electron chi connectivity index (χ1n) is 9.08. The summed E-state index contributed by atoms with van der Waals surface area (Å²) in [6, 6.07) is 11.0. The lowest BCUT2D eigenvalue weighted by Gasteiger charge is -2.35. The smallest absolute Gasteiger partial charge is 0.0648 e. The Morgan fingerprint density at radius 1 is 0.958 bits per heavy atom. The van der Waals surface area contributed by atoms with Gasteiger partial charge in [0.1, 0.15) is 0 Å². The van der Waals surface area contributed by atoms with Gasteiger partial charge in [-0.25, -0.2) is 4.68 Å². The molecule has 1 aliphatic rings. The van der Waals surface area contributed by atoms with E-state index in [1.807, 2.05) is 11.6 Å². The van der Waals surface area contributed by atoms with E-state index in [1.165, 1.54) is 44.0 Å². The quantitative estimate of drug-likeness (QED) is 0.843. The fraction of sp³-hybridized carbons (Fsp3) is 0.550. The summed E-state index contributed by atoms with van der Waals surface area (Å²) in [4.78, 5) is 5.15. The fourth-order valence-corrected chi connectivity index (χ4v) is 3.54. The summed E-state index contributed by atoms with van der Waals surface area (Å²) in [6.45, 7) is 15.8. The summed E-state index contributed by atoms with van der Waals surface area (Å²) in [5, 5.41) is 4.56. The summed E-state index contributed by atoms with van der Waals surface area (Å²) in [6.07, 6.45) is 0. The largest absolute Gasteiger partial charge is 0.301 e. The molecule has 1 saturated heterocycles. The normalized spacial score (nSPS) is 16.9. The van der Waals surface area contributed by atoms with Crippen LogP contribution >= 0.6 is 0 Å². The van der Waals surface area contributed by atoms with Crippen molar-refractivity contribution in [2.75, 3.05) is 32.7 Å².